The molecule has 0 spiro atoms. The van der Waals surface area contributed by atoms with Gasteiger partial charge in [0.05, 0.1) is 12.0 Å². The zero-order chi connectivity index (χ0) is 26.9. The van der Waals surface area contributed by atoms with Crippen molar-refractivity contribution in [1.29, 1.82) is 5.26 Å². The lowest BCUT2D eigenvalue weighted by Gasteiger charge is -2.12. The van der Waals surface area contributed by atoms with Gasteiger partial charge in [-0.1, -0.05) is 24.3 Å². The summed E-state index contributed by atoms with van der Waals surface area (Å²) in [7, 11) is 1.41. The van der Waals surface area contributed by atoms with Crippen LogP contribution in [0.25, 0.3) is 6.08 Å². The van der Waals surface area contributed by atoms with Gasteiger partial charge in [-0.2, -0.15) is 5.26 Å². The number of non-ortho nitro benzene ring substituents is 1. The number of nitrogens with one attached hydrogen (secondary N) is 2. The van der Waals surface area contributed by atoms with Crippen LogP contribution in [0.1, 0.15) is 16.7 Å². The summed E-state index contributed by atoms with van der Waals surface area (Å²) in [5.74, 6) is -0.536. The first-order valence-electron chi connectivity index (χ1n) is 11.1. The molecule has 3 aromatic carbocycles. The number of rotatable bonds is 9. The molecule has 0 atom stereocenters. The summed E-state index contributed by atoms with van der Waals surface area (Å²) in [6.45, 7) is 3.39. The van der Waals surface area contributed by atoms with E-state index in [1.54, 1.807) is 18.2 Å². The number of hydrogen-bond acceptors (Lipinski definition) is 7. The average molecular weight is 501 g/mol. The normalized spacial score (nSPS) is 10.7. The zero-order valence-electron chi connectivity index (χ0n) is 20.4. The molecular formula is C27H24N4O6. The highest BCUT2D eigenvalue weighted by Crippen LogP contribution is 2.29. The predicted octanol–water partition coefficient (Wildman–Crippen LogP) is 4.78. The van der Waals surface area contributed by atoms with E-state index in [0.29, 0.717) is 11.3 Å². The van der Waals surface area contributed by atoms with Crippen LogP contribution >= 0.6 is 0 Å². The number of methoxy groups -OCH3 is 1. The second-order valence-electron chi connectivity index (χ2n) is 8.00. The lowest BCUT2D eigenvalue weighted by atomic mass is 10.1. The highest BCUT2D eigenvalue weighted by molar-refractivity contribution is 6.10. The largest absolute Gasteiger partial charge is 0.493 e. The van der Waals surface area contributed by atoms with Gasteiger partial charge in [0, 0.05) is 23.5 Å². The van der Waals surface area contributed by atoms with E-state index in [1.165, 1.54) is 37.5 Å². The first-order chi connectivity index (χ1) is 17.7. The molecule has 3 rings (SSSR count). The quantitative estimate of drug-likeness (QED) is 0.186. The minimum Gasteiger partial charge on any atom is -0.493 e. The van der Waals surface area contributed by atoms with Gasteiger partial charge < -0.3 is 20.1 Å². The van der Waals surface area contributed by atoms with Gasteiger partial charge in [0.25, 0.3) is 17.5 Å². The molecule has 2 N–H and O–H groups in total. The summed E-state index contributed by atoms with van der Waals surface area (Å²) in [4.78, 5) is 35.3. The van der Waals surface area contributed by atoms with Crippen molar-refractivity contribution in [2.24, 2.45) is 0 Å². The molecule has 0 saturated heterocycles. The second-order valence-corrected chi connectivity index (χ2v) is 8.00. The maximum absolute atomic E-state index is 12.7. The average Bonchev–Trinajstić information content (AvgIpc) is 2.88. The van der Waals surface area contributed by atoms with Gasteiger partial charge in [-0.05, 0) is 60.9 Å². The van der Waals surface area contributed by atoms with Gasteiger partial charge in [-0.25, -0.2) is 0 Å². The van der Waals surface area contributed by atoms with Crippen molar-refractivity contribution in [3.63, 3.8) is 0 Å². The second kappa shape index (κ2) is 12.0. The van der Waals surface area contributed by atoms with Crippen LogP contribution in [0.4, 0.5) is 17.1 Å². The van der Waals surface area contributed by atoms with E-state index in [2.05, 4.69) is 10.6 Å². The summed E-state index contributed by atoms with van der Waals surface area (Å²) in [6, 6.07) is 17.8. The molecule has 37 heavy (non-hydrogen) atoms. The maximum atomic E-state index is 12.7. The summed E-state index contributed by atoms with van der Waals surface area (Å²) in [5.41, 5.74) is 2.99. The third-order valence-electron chi connectivity index (χ3n) is 5.20. The van der Waals surface area contributed by atoms with Gasteiger partial charge in [0.15, 0.2) is 18.1 Å². The number of amides is 2. The number of anilines is 2. The smallest absolute Gasteiger partial charge is 0.271 e. The van der Waals surface area contributed by atoms with Crippen molar-refractivity contribution in [2.75, 3.05) is 24.4 Å². The van der Waals surface area contributed by atoms with Crippen molar-refractivity contribution < 1.29 is 24.0 Å². The molecule has 0 aliphatic rings. The minimum absolute atomic E-state index is 0.104. The molecule has 0 aliphatic heterocycles. The molecule has 10 nitrogen and oxygen atoms in total. The molecule has 0 saturated carbocycles. The molecule has 0 bridgehead atoms. The van der Waals surface area contributed by atoms with Crippen LogP contribution in [-0.2, 0) is 9.59 Å². The molecule has 188 valence electrons. The van der Waals surface area contributed by atoms with Crippen molar-refractivity contribution in [3.8, 4) is 17.6 Å². The number of nitriles is 1. The Balaban J connectivity index is 1.69. The van der Waals surface area contributed by atoms with Crippen molar-refractivity contribution >= 4 is 35.0 Å². The summed E-state index contributed by atoms with van der Waals surface area (Å²) in [5, 5.41) is 25.7. The Morgan fingerprint density at radius 3 is 2.54 bits per heavy atom. The number of ether oxygens (including phenoxy) is 2. The van der Waals surface area contributed by atoms with Crippen LogP contribution in [0, 0.1) is 35.3 Å². The number of nitrogens with zero attached hydrogens (tertiary/aromatic N) is 2. The Labute approximate surface area is 213 Å². The Kier molecular flexibility index (Phi) is 8.57. The Hall–Kier alpha value is -5.17. The fourth-order valence-electron chi connectivity index (χ4n) is 3.31. The minimum atomic E-state index is -0.558. The van der Waals surface area contributed by atoms with Crippen molar-refractivity contribution in [1.82, 2.24) is 0 Å². The molecule has 0 unspecified atom stereocenters. The SMILES string of the molecule is COc1cc(/C=C(/C#N)C(=O)Nc2cc(C)ccc2C)ccc1OCC(=O)Nc1cccc([N+](=O)[O-])c1. The van der Waals surface area contributed by atoms with E-state index in [1.807, 2.05) is 38.1 Å². The number of carbonyl (C=O) groups is 2. The number of hydrogen-bond donors (Lipinski definition) is 2. The number of nitro groups is 1. The molecule has 0 radical (unpaired) electrons. The van der Waals surface area contributed by atoms with Crippen molar-refractivity contribution in [3.05, 3.63) is 93.0 Å². The standard InChI is InChI=1S/C27H24N4O6/c1-17-7-8-18(2)23(11-17)30-27(33)20(15-28)12-19-9-10-24(25(13-19)36-3)37-16-26(32)29-21-5-4-6-22(14-21)31(34)35/h4-14H,16H2,1-3H3,(H,29,32)(H,30,33)/b20-12-. The molecular weight excluding hydrogens is 476 g/mol. The van der Waals surface area contributed by atoms with Crippen LogP contribution in [0.3, 0.4) is 0 Å². The first-order valence-corrected chi connectivity index (χ1v) is 11.1. The van der Waals surface area contributed by atoms with E-state index in [-0.39, 0.29) is 35.1 Å². The van der Waals surface area contributed by atoms with Gasteiger partial charge in [-0.15, -0.1) is 0 Å². The molecule has 0 heterocycles. The van der Waals surface area contributed by atoms with E-state index in [9.17, 15) is 25.0 Å². The zero-order valence-corrected chi connectivity index (χ0v) is 20.4. The number of benzene rings is 3. The monoisotopic (exact) mass is 500 g/mol. The van der Waals surface area contributed by atoms with Crippen LogP contribution in [0.5, 0.6) is 11.5 Å². The summed E-state index contributed by atoms with van der Waals surface area (Å²) >= 11 is 0. The predicted molar refractivity (Wildman–Crippen MR) is 138 cm³/mol. The molecule has 0 fully saturated rings. The lowest BCUT2D eigenvalue weighted by Crippen LogP contribution is -2.20. The third kappa shape index (κ3) is 7.16. The van der Waals surface area contributed by atoms with Gasteiger partial charge in [0.1, 0.15) is 11.6 Å². The van der Waals surface area contributed by atoms with Gasteiger partial charge >= 0.3 is 0 Å². The third-order valence-corrected chi connectivity index (χ3v) is 5.20. The molecule has 10 heteroatoms. The van der Waals surface area contributed by atoms with Gasteiger partial charge in [0.2, 0.25) is 0 Å². The van der Waals surface area contributed by atoms with Crippen LogP contribution in [0.15, 0.2) is 66.2 Å². The Morgan fingerprint density at radius 1 is 1.05 bits per heavy atom. The molecule has 0 aromatic heterocycles. The van der Waals surface area contributed by atoms with E-state index in [0.717, 1.165) is 11.1 Å². The van der Waals surface area contributed by atoms with Crippen LogP contribution in [-0.4, -0.2) is 30.5 Å². The highest BCUT2D eigenvalue weighted by Gasteiger charge is 2.14. The number of nitro benzene ring substituents is 1. The summed E-state index contributed by atoms with van der Waals surface area (Å²) < 4.78 is 10.9. The first kappa shape index (κ1) is 26.4. The fourth-order valence-corrected chi connectivity index (χ4v) is 3.31. The Morgan fingerprint density at radius 2 is 1.84 bits per heavy atom. The summed E-state index contributed by atoms with van der Waals surface area (Å²) in [6.07, 6.45) is 1.42. The lowest BCUT2D eigenvalue weighted by molar-refractivity contribution is -0.384. The van der Waals surface area contributed by atoms with E-state index in [4.69, 9.17) is 9.47 Å². The number of carbonyl (C=O) groups excluding carboxylic acids is 2. The fraction of sp³-hybridized carbons (Fsp3) is 0.148. The topological polar surface area (TPSA) is 144 Å². The maximum Gasteiger partial charge on any atom is 0.271 e. The van der Waals surface area contributed by atoms with E-state index >= 15 is 0 Å². The molecule has 0 aliphatic carbocycles. The van der Waals surface area contributed by atoms with Gasteiger partial charge in [-0.3, -0.25) is 19.7 Å². The van der Waals surface area contributed by atoms with Crippen LogP contribution < -0.4 is 20.1 Å². The van der Waals surface area contributed by atoms with Crippen LogP contribution in [0.2, 0.25) is 0 Å². The molecule has 3 aromatic rings. The Bertz CT molecular complexity index is 1420. The highest BCUT2D eigenvalue weighted by atomic mass is 16.6. The van der Waals surface area contributed by atoms with Crippen molar-refractivity contribution in [2.45, 2.75) is 13.8 Å². The number of aryl methyl sites for hydroxylation is 2. The molecule has 2 amide bonds. The van der Waals surface area contributed by atoms with E-state index < -0.39 is 16.7 Å².